The number of carbonyl (C=O) groups is 2. The summed E-state index contributed by atoms with van der Waals surface area (Å²) in [7, 11) is 0. The molecule has 0 radical (unpaired) electrons. The molecule has 22 heavy (non-hydrogen) atoms. The van der Waals surface area contributed by atoms with Gasteiger partial charge in [0.25, 0.3) is 0 Å². The highest BCUT2D eigenvalue weighted by Crippen LogP contribution is 2.20. The highest BCUT2D eigenvalue weighted by molar-refractivity contribution is 6.18. The minimum Gasteiger partial charge on any atom is -0.345 e. The van der Waals surface area contributed by atoms with Gasteiger partial charge in [0.15, 0.2) is 0 Å². The van der Waals surface area contributed by atoms with Crippen molar-refractivity contribution in [2.75, 3.05) is 23.9 Å². The topological polar surface area (TPSA) is 49.4 Å². The number of benzene rings is 1. The molecule has 1 heterocycles. The normalized spacial score (nSPS) is 14.2. The zero-order valence-corrected chi connectivity index (χ0v) is 13.2. The molecule has 0 aromatic heterocycles. The summed E-state index contributed by atoms with van der Waals surface area (Å²) in [5.41, 5.74) is 1.78. The Bertz CT molecular complexity index is 587. The first-order valence-corrected chi connectivity index (χ1v) is 7.96. The summed E-state index contributed by atoms with van der Waals surface area (Å²) >= 11 is 5.47. The van der Waals surface area contributed by atoms with Crippen molar-refractivity contribution in [3.63, 3.8) is 0 Å². The molecule has 1 saturated heterocycles. The number of anilines is 1. The van der Waals surface area contributed by atoms with Gasteiger partial charge in [-0.25, -0.2) is 0 Å². The molecule has 0 atom stereocenters. The zero-order valence-electron chi connectivity index (χ0n) is 12.4. The Morgan fingerprint density at radius 2 is 2.05 bits per heavy atom. The van der Waals surface area contributed by atoms with Crippen molar-refractivity contribution in [1.29, 1.82) is 0 Å². The number of alkyl halides is 1. The SMILES string of the molecule is O=C(CCCl)NCC#Cc1ccc(N2CCCCC2=O)cc1. The van der Waals surface area contributed by atoms with Crippen LogP contribution < -0.4 is 10.2 Å². The zero-order chi connectivity index (χ0) is 15.8. The number of halogens is 1. The fraction of sp³-hybridized carbons (Fsp3) is 0.412. The molecule has 1 fully saturated rings. The van der Waals surface area contributed by atoms with Gasteiger partial charge in [-0.05, 0) is 37.1 Å². The maximum atomic E-state index is 11.9. The lowest BCUT2D eigenvalue weighted by Gasteiger charge is -2.26. The smallest absolute Gasteiger partial charge is 0.226 e. The molecule has 0 aliphatic carbocycles. The van der Waals surface area contributed by atoms with Gasteiger partial charge in [-0.2, -0.15) is 0 Å². The van der Waals surface area contributed by atoms with E-state index in [0.29, 0.717) is 25.3 Å². The van der Waals surface area contributed by atoms with Crippen LogP contribution in [0.5, 0.6) is 0 Å². The van der Waals surface area contributed by atoms with Crippen molar-refractivity contribution >= 4 is 29.1 Å². The summed E-state index contributed by atoms with van der Waals surface area (Å²) < 4.78 is 0. The van der Waals surface area contributed by atoms with Crippen LogP contribution in [0.1, 0.15) is 31.2 Å². The van der Waals surface area contributed by atoms with Gasteiger partial charge in [0.1, 0.15) is 0 Å². The van der Waals surface area contributed by atoms with Crippen molar-refractivity contribution in [2.24, 2.45) is 0 Å². The highest BCUT2D eigenvalue weighted by Gasteiger charge is 2.18. The second kappa shape index (κ2) is 8.45. The molecule has 0 unspecified atom stereocenters. The molecule has 1 N–H and O–H groups in total. The van der Waals surface area contributed by atoms with Crippen molar-refractivity contribution in [2.45, 2.75) is 25.7 Å². The van der Waals surface area contributed by atoms with Crippen LogP contribution >= 0.6 is 11.6 Å². The van der Waals surface area contributed by atoms with Gasteiger partial charge >= 0.3 is 0 Å². The summed E-state index contributed by atoms with van der Waals surface area (Å²) in [6.45, 7) is 1.10. The fourth-order valence-corrected chi connectivity index (χ4v) is 2.44. The standard InChI is InChI=1S/C17H19ClN2O2/c18-11-10-16(21)19-12-3-4-14-6-8-15(9-7-14)20-13-2-1-5-17(20)22/h6-9H,1-2,5,10-13H2,(H,19,21). The quantitative estimate of drug-likeness (QED) is 0.684. The van der Waals surface area contributed by atoms with E-state index in [1.54, 1.807) is 0 Å². The predicted molar refractivity (Wildman–Crippen MR) is 87.9 cm³/mol. The van der Waals surface area contributed by atoms with Crippen molar-refractivity contribution in [1.82, 2.24) is 5.32 Å². The molecule has 1 aliphatic rings. The van der Waals surface area contributed by atoms with E-state index in [2.05, 4.69) is 17.2 Å². The first-order valence-electron chi connectivity index (χ1n) is 7.42. The minimum atomic E-state index is -0.0942. The third-order valence-corrected chi connectivity index (χ3v) is 3.62. The lowest BCUT2D eigenvalue weighted by atomic mass is 10.1. The maximum absolute atomic E-state index is 11.9. The van der Waals surface area contributed by atoms with E-state index in [1.807, 2.05) is 29.2 Å². The molecule has 1 aromatic rings. The van der Waals surface area contributed by atoms with Gasteiger partial charge < -0.3 is 10.2 Å². The van der Waals surface area contributed by atoms with Crippen LogP contribution in [0, 0.1) is 11.8 Å². The average molecular weight is 319 g/mol. The van der Waals surface area contributed by atoms with E-state index in [4.69, 9.17) is 11.6 Å². The van der Waals surface area contributed by atoms with Gasteiger partial charge in [0.05, 0.1) is 6.54 Å². The molecular formula is C17H19ClN2O2. The van der Waals surface area contributed by atoms with E-state index in [9.17, 15) is 9.59 Å². The number of nitrogens with one attached hydrogen (secondary N) is 1. The van der Waals surface area contributed by atoms with Crippen LogP contribution in [0.25, 0.3) is 0 Å². The number of rotatable bonds is 4. The largest absolute Gasteiger partial charge is 0.345 e. The lowest BCUT2D eigenvalue weighted by molar-refractivity contribution is -0.120. The van der Waals surface area contributed by atoms with E-state index in [1.165, 1.54) is 0 Å². The Balaban J connectivity index is 1.89. The molecule has 1 aliphatic heterocycles. The maximum Gasteiger partial charge on any atom is 0.226 e. The summed E-state index contributed by atoms with van der Waals surface area (Å²) in [5.74, 6) is 6.28. The Kier molecular flexibility index (Phi) is 6.29. The molecule has 0 spiro atoms. The number of hydrogen-bond donors (Lipinski definition) is 1. The second-order valence-electron chi connectivity index (χ2n) is 5.07. The van der Waals surface area contributed by atoms with Gasteiger partial charge in [0.2, 0.25) is 11.8 Å². The number of nitrogens with zero attached hydrogens (tertiary/aromatic N) is 1. The molecule has 0 saturated carbocycles. The highest BCUT2D eigenvalue weighted by atomic mass is 35.5. The molecule has 5 heteroatoms. The third kappa shape index (κ3) is 4.78. The number of amides is 2. The molecule has 4 nitrogen and oxygen atoms in total. The Hall–Kier alpha value is -1.99. The van der Waals surface area contributed by atoms with Crippen LogP contribution in [0.15, 0.2) is 24.3 Å². The van der Waals surface area contributed by atoms with E-state index in [0.717, 1.165) is 30.6 Å². The first-order chi connectivity index (χ1) is 10.7. The molecular weight excluding hydrogens is 300 g/mol. The van der Waals surface area contributed by atoms with Crippen LogP contribution in [-0.2, 0) is 9.59 Å². The first kappa shape index (κ1) is 16.4. The van der Waals surface area contributed by atoms with E-state index < -0.39 is 0 Å². The predicted octanol–water partition coefficient (Wildman–Crippen LogP) is 2.30. The molecule has 2 rings (SSSR count). The Morgan fingerprint density at radius 3 is 2.73 bits per heavy atom. The van der Waals surface area contributed by atoms with E-state index >= 15 is 0 Å². The van der Waals surface area contributed by atoms with Gasteiger partial charge in [0, 0.05) is 36.5 Å². The van der Waals surface area contributed by atoms with Gasteiger partial charge in [-0.3, -0.25) is 9.59 Å². The molecule has 116 valence electrons. The Morgan fingerprint density at radius 1 is 1.27 bits per heavy atom. The number of carbonyl (C=O) groups excluding carboxylic acids is 2. The molecule has 2 amide bonds. The number of piperidine rings is 1. The van der Waals surface area contributed by atoms with Crippen molar-refractivity contribution < 1.29 is 9.59 Å². The summed E-state index contributed by atoms with van der Waals surface area (Å²) in [6, 6.07) is 7.62. The minimum absolute atomic E-state index is 0.0942. The van der Waals surface area contributed by atoms with Crippen LogP contribution in [0.2, 0.25) is 0 Å². The lowest BCUT2D eigenvalue weighted by Crippen LogP contribution is -2.35. The fourth-order valence-electron chi connectivity index (χ4n) is 2.27. The summed E-state index contributed by atoms with van der Waals surface area (Å²) in [5, 5.41) is 2.67. The van der Waals surface area contributed by atoms with Crippen LogP contribution in [0.3, 0.4) is 0 Å². The average Bonchev–Trinajstić information content (AvgIpc) is 2.53. The summed E-state index contributed by atoms with van der Waals surface area (Å²) in [4.78, 5) is 24.9. The van der Waals surface area contributed by atoms with E-state index in [-0.39, 0.29) is 11.8 Å². The Labute approximate surface area is 135 Å². The van der Waals surface area contributed by atoms with Gasteiger partial charge in [-0.15, -0.1) is 11.6 Å². The van der Waals surface area contributed by atoms with Crippen LogP contribution in [0.4, 0.5) is 5.69 Å². The second-order valence-corrected chi connectivity index (χ2v) is 5.44. The summed E-state index contributed by atoms with van der Waals surface area (Å²) in [6.07, 6.45) is 2.97. The van der Waals surface area contributed by atoms with Crippen LogP contribution in [-0.4, -0.2) is 30.8 Å². The van der Waals surface area contributed by atoms with Crippen molar-refractivity contribution in [3.8, 4) is 11.8 Å². The van der Waals surface area contributed by atoms with Gasteiger partial charge in [-0.1, -0.05) is 11.8 Å². The molecule has 1 aromatic carbocycles. The third-order valence-electron chi connectivity index (χ3n) is 3.43. The number of hydrogen-bond acceptors (Lipinski definition) is 2. The monoisotopic (exact) mass is 318 g/mol. The molecule has 0 bridgehead atoms. The van der Waals surface area contributed by atoms with Crippen molar-refractivity contribution in [3.05, 3.63) is 29.8 Å².